The van der Waals surface area contributed by atoms with Gasteiger partial charge in [-0.25, -0.2) is 0 Å². The van der Waals surface area contributed by atoms with E-state index in [1.165, 1.54) is 10.3 Å². The van der Waals surface area contributed by atoms with E-state index in [0.29, 0.717) is 6.42 Å². The molecule has 0 radical (unpaired) electrons. The van der Waals surface area contributed by atoms with Crippen LogP contribution in [-0.4, -0.2) is 0 Å². The summed E-state index contributed by atoms with van der Waals surface area (Å²) in [6.07, 6.45) is 0.470. The molecule has 0 saturated heterocycles. The Morgan fingerprint density at radius 1 is 1.50 bits per heavy atom. The van der Waals surface area contributed by atoms with Crippen LogP contribution in [0.1, 0.15) is 10.4 Å². The van der Waals surface area contributed by atoms with Gasteiger partial charge < -0.3 is 5.73 Å². The average Bonchev–Trinajstić information content (AvgIpc) is 2.57. The maximum atomic E-state index is 8.61. The third kappa shape index (κ3) is 1.34. The Hall–Kier alpha value is -1.53. The standard InChI is InChI=1S/C11H10N2S/c1-7-2-3-10(13)9-6-8(4-5-12)14-11(7)9/h2-3,6H,4,13H2,1H3. The fourth-order valence-corrected chi connectivity index (χ4v) is 2.59. The predicted octanol–water partition coefficient (Wildman–Crippen LogP) is 2.86. The van der Waals surface area contributed by atoms with Gasteiger partial charge in [-0.05, 0) is 24.6 Å². The highest BCUT2D eigenvalue weighted by Gasteiger charge is 2.06. The quantitative estimate of drug-likeness (QED) is 0.723. The van der Waals surface area contributed by atoms with Crippen molar-refractivity contribution in [3.63, 3.8) is 0 Å². The second kappa shape index (κ2) is 3.32. The molecule has 2 aromatic rings. The van der Waals surface area contributed by atoms with Gasteiger partial charge >= 0.3 is 0 Å². The molecule has 1 aromatic heterocycles. The van der Waals surface area contributed by atoms with E-state index < -0.39 is 0 Å². The van der Waals surface area contributed by atoms with E-state index in [4.69, 9.17) is 11.0 Å². The lowest BCUT2D eigenvalue weighted by atomic mass is 10.1. The first kappa shape index (κ1) is 9.04. The maximum Gasteiger partial charge on any atom is 0.0696 e. The van der Waals surface area contributed by atoms with Gasteiger partial charge in [0.15, 0.2) is 0 Å². The second-order valence-corrected chi connectivity index (χ2v) is 4.40. The Labute approximate surface area is 86.6 Å². The highest BCUT2D eigenvalue weighted by molar-refractivity contribution is 7.19. The fourth-order valence-electron chi connectivity index (χ4n) is 1.49. The highest BCUT2D eigenvalue weighted by Crippen LogP contribution is 2.32. The van der Waals surface area contributed by atoms with Crippen LogP contribution in [0.5, 0.6) is 0 Å². The van der Waals surface area contributed by atoms with Crippen LogP contribution >= 0.6 is 11.3 Å². The smallest absolute Gasteiger partial charge is 0.0696 e. The number of benzene rings is 1. The van der Waals surface area contributed by atoms with Gasteiger partial charge in [-0.3, -0.25) is 0 Å². The van der Waals surface area contributed by atoms with Crippen LogP contribution < -0.4 is 5.73 Å². The molecule has 0 unspecified atom stereocenters. The molecule has 1 heterocycles. The molecule has 0 aliphatic rings. The van der Waals surface area contributed by atoms with Crippen molar-refractivity contribution in [3.8, 4) is 6.07 Å². The number of nitrogens with zero attached hydrogens (tertiary/aromatic N) is 1. The molecule has 2 N–H and O–H groups in total. The minimum Gasteiger partial charge on any atom is -0.398 e. The fraction of sp³-hybridized carbons (Fsp3) is 0.182. The van der Waals surface area contributed by atoms with E-state index >= 15 is 0 Å². The average molecular weight is 202 g/mol. The van der Waals surface area contributed by atoms with Gasteiger partial charge in [0.05, 0.1) is 12.5 Å². The van der Waals surface area contributed by atoms with Crippen molar-refractivity contribution in [1.29, 1.82) is 5.26 Å². The molecule has 1 aromatic carbocycles. The molecule has 0 saturated carbocycles. The number of aryl methyl sites for hydroxylation is 1. The highest BCUT2D eigenvalue weighted by atomic mass is 32.1. The van der Waals surface area contributed by atoms with Crippen LogP contribution in [0.3, 0.4) is 0 Å². The molecular weight excluding hydrogens is 192 g/mol. The zero-order valence-corrected chi connectivity index (χ0v) is 8.69. The van der Waals surface area contributed by atoms with Crippen molar-refractivity contribution in [2.24, 2.45) is 0 Å². The lowest BCUT2D eigenvalue weighted by molar-refractivity contribution is 1.32. The maximum absolute atomic E-state index is 8.61. The Kier molecular flexibility index (Phi) is 2.14. The lowest BCUT2D eigenvalue weighted by Crippen LogP contribution is -1.84. The molecule has 2 rings (SSSR count). The zero-order chi connectivity index (χ0) is 10.1. The van der Waals surface area contributed by atoms with Crippen LogP contribution in [0.25, 0.3) is 10.1 Å². The first-order chi connectivity index (χ1) is 6.72. The van der Waals surface area contributed by atoms with Gasteiger partial charge in [0.2, 0.25) is 0 Å². The van der Waals surface area contributed by atoms with Crippen molar-refractivity contribution in [2.45, 2.75) is 13.3 Å². The summed E-state index contributed by atoms with van der Waals surface area (Å²) in [7, 11) is 0. The summed E-state index contributed by atoms with van der Waals surface area (Å²) in [6.45, 7) is 2.06. The molecular formula is C11H10N2S. The largest absolute Gasteiger partial charge is 0.398 e. The van der Waals surface area contributed by atoms with E-state index in [-0.39, 0.29) is 0 Å². The summed E-state index contributed by atoms with van der Waals surface area (Å²) >= 11 is 1.66. The van der Waals surface area contributed by atoms with Gasteiger partial charge in [-0.2, -0.15) is 5.26 Å². The molecule has 0 spiro atoms. The molecule has 0 bridgehead atoms. The van der Waals surface area contributed by atoms with Gasteiger partial charge in [0, 0.05) is 20.7 Å². The number of hydrogen-bond acceptors (Lipinski definition) is 3. The van der Waals surface area contributed by atoms with Crippen LogP contribution in [0.4, 0.5) is 5.69 Å². The number of rotatable bonds is 1. The number of nitriles is 1. The monoisotopic (exact) mass is 202 g/mol. The van der Waals surface area contributed by atoms with E-state index in [0.717, 1.165) is 16.0 Å². The van der Waals surface area contributed by atoms with Crippen LogP contribution in [-0.2, 0) is 6.42 Å². The number of fused-ring (bicyclic) bond motifs is 1. The second-order valence-electron chi connectivity index (χ2n) is 3.26. The molecule has 0 amide bonds. The normalized spacial score (nSPS) is 10.3. The number of nitrogens with two attached hydrogens (primary N) is 1. The third-order valence-corrected chi connectivity index (χ3v) is 3.49. The summed E-state index contributed by atoms with van der Waals surface area (Å²) in [4.78, 5) is 1.09. The summed E-state index contributed by atoms with van der Waals surface area (Å²) in [5, 5.41) is 9.69. The van der Waals surface area contributed by atoms with Crippen LogP contribution in [0.15, 0.2) is 18.2 Å². The van der Waals surface area contributed by atoms with Gasteiger partial charge in [-0.15, -0.1) is 11.3 Å². The molecule has 3 heteroatoms. The lowest BCUT2D eigenvalue weighted by Gasteiger charge is -1.97. The Bertz CT molecular complexity index is 481. The molecule has 0 atom stereocenters. The predicted molar refractivity (Wildman–Crippen MR) is 60.3 cm³/mol. The summed E-state index contributed by atoms with van der Waals surface area (Å²) in [6, 6.07) is 8.11. The molecule has 0 aliphatic heterocycles. The van der Waals surface area contributed by atoms with Crippen molar-refractivity contribution < 1.29 is 0 Å². The minimum absolute atomic E-state index is 0.470. The Morgan fingerprint density at radius 2 is 2.29 bits per heavy atom. The first-order valence-corrected chi connectivity index (χ1v) is 5.18. The number of hydrogen-bond donors (Lipinski definition) is 1. The van der Waals surface area contributed by atoms with E-state index in [9.17, 15) is 0 Å². The third-order valence-electron chi connectivity index (χ3n) is 2.22. The van der Waals surface area contributed by atoms with Gasteiger partial charge in [0.1, 0.15) is 0 Å². The van der Waals surface area contributed by atoms with Crippen LogP contribution in [0, 0.1) is 18.3 Å². The van der Waals surface area contributed by atoms with Gasteiger partial charge in [0.25, 0.3) is 0 Å². The minimum atomic E-state index is 0.470. The number of nitrogen functional groups attached to an aromatic ring is 1. The van der Waals surface area contributed by atoms with Crippen molar-refractivity contribution >= 4 is 27.1 Å². The summed E-state index contributed by atoms with van der Waals surface area (Å²) in [5.74, 6) is 0. The van der Waals surface area contributed by atoms with Crippen LogP contribution in [0.2, 0.25) is 0 Å². The number of thiophene rings is 1. The van der Waals surface area contributed by atoms with E-state index in [2.05, 4.69) is 13.0 Å². The Balaban J connectivity index is 2.70. The number of anilines is 1. The molecule has 2 nitrogen and oxygen atoms in total. The van der Waals surface area contributed by atoms with E-state index in [1.54, 1.807) is 11.3 Å². The van der Waals surface area contributed by atoms with E-state index in [1.807, 2.05) is 18.2 Å². The van der Waals surface area contributed by atoms with Crippen molar-refractivity contribution in [2.75, 3.05) is 5.73 Å². The van der Waals surface area contributed by atoms with Crippen molar-refractivity contribution in [3.05, 3.63) is 28.6 Å². The first-order valence-electron chi connectivity index (χ1n) is 4.37. The molecule has 70 valence electrons. The molecule has 14 heavy (non-hydrogen) atoms. The Morgan fingerprint density at radius 3 is 2.93 bits per heavy atom. The molecule has 0 aliphatic carbocycles. The van der Waals surface area contributed by atoms with Gasteiger partial charge in [-0.1, -0.05) is 6.07 Å². The zero-order valence-electron chi connectivity index (χ0n) is 7.87. The van der Waals surface area contributed by atoms with Crippen molar-refractivity contribution in [1.82, 2.24) is 0 Å². The molecule has 0 fully saturated rings. The summed E-state index contributed by atoms with van der Waals surface area (Å²) < 4.78 is 1.20. The SMILES string of the molecule is Cc1ccc(N)c2cc(CC#N)sc12. The summed E-state index contributed by atoms with van der Waals surface area (Å²) in [5.41, 5.74) is 7.88. The topological polar surface area (TPSA) is 49.8 Å².